The van der Waals surface area contributed by atoms with Gasteiger partial charge in [0.1, 0.15) is 5.82 Å². The van der Waals surface area contributed by atoms with Crippen LogP contribution in [0.5, 0.6) is 0 Å². The van der Waals surface area contributed by atoms with Gasteiger partial charge in [0.2, 0.25) is 0 Å². The van der Waals surface area contributed by atoms with Crippen molar-refractivity contribution in [1.82, 2.24) is 20.4 Å². The minimum absolute atomic E-state index is 0.110. The van der Waals surface area contributed by atoms with E-state index in [0.29, 0.717) is 18.5 Å². The largest absolute Gasteiger partial charge is 0.353 e. The average molecular weight is 357 g/mol. The zero-order valence-corrected chi connectivity index (χ0v) is 14.9. The smallest absolute Gasteiger partial charge is 0.317 e. The van der Waals surface area contributed by atoms with Crippen molar-refractivity contribution in [1.29, 1.82) is 0 Å². The van der Waals surface area contributed by atoms with Crippen LogP contribution >= 0.6 is 0 Å². The molecule has 1 aliphatic heterocycles. The number of nitrogens with zero attached hydrogens (tertiary/aromatic N) is 4. The van der Waals surface area contributed by atoms with Crippen LogP contribution in [0.1, 0.15) is 18.4 Å². The predicted molar refractivity (Wildman–Crippen MR) is 98.5 cm³/mol. The molecule has 0 bridgehead atoms. The van der Waals surface area contributed by atoms with Gasteiger partial charge in [-0.3, -0.25) is 0 Å². The van der Waals surface area contributed by atoms with E-state index in [9.17, 15) is 9.18 Å². The fraction of sp³-hybridized carbons (Fsp3) is 0.421. The summed E-state index contributed by atoms with van der Waals surface area (Å²) >= 11 is 0. The van der Waals surface area contributed by atoms with E-state index >= 15 is 0 Å². The van der Waals surface area contributed by atoms with Gasteiger partial charge >= 0.3 is 6.03 Å². The molecule has 1 fully saturated rings. The van der Waals surface area contributed by atoms with Crippen molar-refractivity contribution in [3.8, 4) is 0 Å². The summed E-state index contributed by atoms with van der Waals surface area (Å²) in [4.78, 5) is 16.3. The number of piperidine rings is 1. The molecule has 1 N–H and O–H groups in total. The summed E-state index contributed by atoms with van der Waals surface area (Å²) in [7, 11) is 1.81. The second kappa shape index (κ2) is 8.60. The Balaban J connectivity index is 1.50. The number of likely N-dealkylation sites (N-methyl/N-ethyl adjacent to an activating group) is 1. The van der Waals surface area contributed by atoms with Crippen LogP contribution in [0.3, 0.4) is 0 Å². The molecule has 6 nitrogen and oxygen atoms in total. The number of benzene rings is 1. The molecule has 3 rings (SSSR count). The number of halogens is 1. The topological polar surface area (TPSA) is 61.4 Å². The van der Waals surface area contributed by atoms with Crippen LogP contribution in [-0.4, -0.2) is 53.9 Å². The maximum absolute atomic E-state index is 13.6. The molecular formula is C19H24FN5O. The Morgan fingerprint density at radius 1 is 1.35 bits per heavy atom. The van der Waals surface area contributed by atoms with Crippen molar-refractivity contribution in [2.24, 2.45) is 0 Å². The number of nitrogens with one attached hydrogen (secondary N) is 1. The van der Waals surface area contributed by atoms with Gasteiger partial charge < -0.3 is 15.1 Å². The van der Waals surface area contributed by atoms with E-state index in [1.807, 2.05) is 19.2 Å². The summed E-state index contributed by atoms with van der Waals surface area (Å²) in [6.07, 6.45) is 4.07. The molecule has 7 heteroatoms. The maximum Gasteiger partial charge on any atom is 0.317 e. The molecule has 0 spiro atoms. The molecule has 26 heavy (non-hydrogen) atoms. The molecule has 1 aromatic heterocycles. The summed E-state index contributed by atoms with van der Waals surface area (Å²) in [5.41, 5.74) is 0.613. The van der Waals surface area contributed by atoms with Gasteiger partial charge in [-0.25, -0.2) is 9.18 Å². The predicted octanol–water partition coefficient (Wildman–Crippen LogP) is 2.47. The maximum atomic E-state index is 13.6. The Labute approximate surface area is 153 Å². The van der Waals surface area contributed by atoms with Gasteiger partial charge in [0.05, 0.1) is 6.04 Å². The zero-order valence-electron chi connectivity index (χ0n) is 14.9. The summed E-state index contributed by atoms with van der Waals surface area (Å²) in [6.45, 7) is 2.05. The molecule has 2 amide bonds. The van der Waals surface area contributed by atoms with E-state index in [4.69, 9.17) is 0 Å². The molecule has 1 saturated heterocycles. The molecule has 0 aliphatic carbocycles. The van der Waals surface area contributed by atoms with Crippen molar-refractivity contribution < 1.29 is 9.18 Å². The highest BCUT2D eigenvalue weighted by molar-refractivity contribution is 5.74. The van der Waals surface area contributed by atoms with Gasteiger partial charge in [0, 0.05) is 32.9 Å². The number of aromatic nitrogens is 2. The van der Waals surface area contributed by atoms with Crippen molar-refractivity contribution in [2.75, 3.05) is 31.6 Å². The van der Waals surface area contributed by atoms with E-state index in [2.05, 4.69) is 20.4 Å². The Kier molecular flexibility index (Phi) is 5.99. The molecule has 0 radical (unpaired) electrons. The summed E-state index contributed by atoms with van der Waals surface area (Å²) < 4.78 is 13.6. The Morgan fingerprint density at radius 2 is 2.19 bits per heavy atom. The van der Waals surface area contributed by atoms with Gasteiger partial charge in [-0.15, -0.1) is 5.10 Å². The van der Waals surface area contributed by atoms with Crippen molar-refractivity contribution in [3.05, 3.63) is 54.0 Å². The fourth-order valence-corrected chi connectivity index (χ4v) is 3.24. The van der Waals surface area contributed by atoms with E-state index in [1.54, 1.807) is 29.3 Å². The Bertz CT molecular complexity index is 727. The van der Waals surface area contributed by atoms with E-state index in [1.165, 1.54) is 6.07 Å². The first kappa shape index (κ1) is 18.1. The van der Waals surface area contributed by atoms with E-state index < -0.39 is 0 Å². The molecule has 138 valence electrons. The number of urea groups is 1. The number of carbonyl (C=O) groups is 1. The Hall–Kier alpha value is -2.70. The molecule has 1 atom stereocenters. The second-order valence-electron chi connectivity index (χ2n) is 6.51. The van der Waals surface area contributed by atoms with Crippen LogP contribution in [0.15, 0.2) is 42.6 Å². The molecule has 2 aromatic rings. The molecule has 2 heterocycles. The third kappa shape index (κ3) is 4.47. The monoisotopic (exact) mass is 357 g/mol. The number of rotatable bonds is 5. The average Bonchev–Trinajstić information content (AvgIpc) is 2.69. The molecular weight excluding hydrogens is 333 g/mol. The second-order valence-corrected chi connectivity index (χ2v) is 6.51. The first-order valence-electron chi connectivity index (χ1n) is 8.92. The van der Waals surface area contributed by atoms with Crippen LogP contribution in [0.25, 0.3) is 0 Å². The van der Waals surface area contributed by atoms with Crippen LogP contribution < -0.4 is 10.2 Å². The van der Waals surface area contributed by atoms with E-state index in [-0.39, 0.29) is 17.9 Å². The van der Waals surface area contributed by atoms with Gasteiger partial charge in [-0.05, 0) is 43.0 Å². The van der Waals surface area contributed by atoms with Gasteiger partial charge in [0.15, 0.2) is 5.82 Å². The third-order valence-electron chi connectivity index (χ3n) is 4.78. The molecule has 0 unspecified atom stereocenters. The van der Waals surface area contributed by atoms with Crippen LogP contribution in [0.4, 0.5) is 15.0 Å². The number of carbonyl (C=O) groups excluding carboxylic acids is 1. The van der Waals surface area contributed by atoms with Gasteiger partial charge in [-0.2, -0.15) is 5.10 Å². The van der Waals surface area contributed by atoms with Crippen LogP contribution in [-0.2, 0) is 6.42 Å². The highest BCUT2D eigenvalue weighted by Crippen LogP contribution is 2.19. The number of hydrogen-bond donors (Lipinski definition) is 1. The van der Waals surface area contributed by atoms with Gasteiger partial charge in [0.25, 0.3) is 0 Å². The van der Waals surface area contributed by atoms with Crippen molar-refractivity contribution >= 4 is 11.8 Å². The number of amides is 2. The first-order valence-corrected chi connectivity index (χ1v) is 8.92. The zero-order chi connectivity index (χ0) is 18.4. The number of hydrogen-bond acceptors (Lipinski definition) is 4. The lowest BCUT2D eigenvalue weighted by molar-refractivity contribution is 0.182. The quantitative estimate of drug-likeness (QED) is 0.893. The Morgan fingerprint density at radius 3 is 2.96 bits per heavy atom. The SMILES string of the molecule is CN(C(=O)NCCc1ccccc1F)[C@@H]1CCCN(c2cccnn2)C1. The van der Waals surface area contributed by atoms with E-state index in [0.717, 1.165) is 31.7 Å². The third-order valence-corrected chi connectivity index (χ3v) is 4.78. The minimum Gasteiger partial charge on any atom is -0.353 e. The van der Waals surface area contributed by atoms with Crippen LogP contribution in [0, 0.1) is 5.82 Å². The normalized spacial score (nSPS) is 17.0. The highest BCUT2D eigenvalue weighted by Gasteiger charge is 2.26. The lowest BCUT2D eigenvalue weighted by Gasteiger charge is -2.37. The lowest BCUT2D eigenvalue weighted by atomic mass is 10.0. The first-order chi connectivity index (χ1) is 12.6. The fourth-order valence-electron chi connectivity index (χ4n) is 3.24. The molecule has 1 aliphatic rings. The highest BCUT2D eigenvalue weighted by atomic mass is 19.1. The lowest BCUT2D eigenvalue weighted by Crippen LogP contribution is -2.51. The minimum atomic E-state index is -0.234. The van der Waals surface area contributed by atoms with Crippen molar-refractivity contribution in [2.45, 2.75) is 25.3 Å². The summed E-state index contributed by atoms with van der Waals surface area (Å²) in [5.74, 6) is 0.604. The van der Waals surface area contributed by atoms with Crippen molar-refractivity contribution in [3.63, 3.8) is 0 Å². The van der Waals surface area contributed by atoms with Crippen LogP contribution in [0.2, 0.25) is 0 Å². The van der Waals surface area contributed by atoms with Gasteiger partial charge in [-0.1, -0.05) is 18.2 Å². The molecule has 1 aromatic carbocycles. The molecule has 0 saturated carbocycles. The number of anilines is 1. The summed E-state index contributed by atoms with van der Waals surface area (Å²) in [6, 6.07) is 10.4. The summed E-state index contributed by atoms with van der Waals surface area (Å²) in [5, 5.41) is 11.0. The standard InChI is InChI=1S/C19H24FN5O/c1-24(19(26)21-12-10-15-6-2-3-8-17(15)20)16-7-5-13-25(14-16)18-9-4-11-22-23-18/h2-4,6,8-9,11,16H,5,7,10,12-14H2,1H3,(H,21,26)/t16-/m1/s1.